The van der Waals surface area contributed by atoms with Crippen molar-refractivity contribution >= 4 is 17.4 Å². The Morgan fingerprint density at radius 3 is 2.45 bits per heavy atom. The lowest BCUT2D eigenvalue weighted by Gasteiger charge is -2.27. The van der Waals surface area contributed by atoms with Crippen LogP contribution in [0.2, 0.25) is 0 Å². The molecular weight excluding hydrogens is 370 g/mol. The zero-order valence-corrected chi connectivity index (χ0v) is 17.6. The Balaban J connectivity index is 1.81. The van der Waals surface area contributed by atoms with Crippen LogP contribution in [0.3, 0.4) is 0 Å². The highest BCUT2D eigenvalue weighted by Crippen LogP contribution is 2.32. The van der Waals surface area contributed by atoms with Gasteiger partial charge in [0.05, 0.1) is 25.4 Å². The minimum absolute atomic E-state index is 0.0846. The lowest BCUT2D eigenvalue weighted by molar-refractivity contribution is -0.137. The first-order valence-corrected chi connectivity index (χ1v) is 10.2. The van der Waals surface area contributed by atoms with Gasteiger partial charge in [0.25, 0.3) is 11.8 Å². The SMILES string of the molecule is Cc1ccc(C2=C(N(C)CCO)C(=O)N(CCCN3CCOCC3)C2=O)cc1C. The highest BCUT2D eigenvalue weighted by molar-refractivity contribution is 6.35. The minimum atomic E-state index is -0.277. The standard InChI is InChI=1S/C22H31N3O4/c1-16-5-6-18(15-17(16)2)19-20(23(3)9-12-26)22(28)25(21(19)27)8-4-7-24-10-13-29-14-11-24/h5-6,15,26H,4,7-14H2,1-3H3. The van der Waals surface area contributed by atoms with Crippen molar-refractivity contribution in [1.82, 2.24) is 14.7 Å². The maximum Gasteiger partial charge on any atom is 0.277 e. The molecule has 1 saturated heterocycles. The summed E-state index contributed by atoms with van der Waals surface area (Å²) in [4.78, 5) is 31.7. The topological polar surface area (TPSA) is 73.3 Å². The van der Waals surface area contributed by atoms with Crippen LogP contribution in [0.1, 0.15) is 23.1 Å². The first kappa shape index (κ1) is 21.5. The maximum atomic E-state index is 13.2. The molecule has 1 fully saturated rings. The monoisotopic (exact) mass is 401 g/mol. The van der Waals surface area contributed by atoms with Crippen molar-refractivity contribution in [2.45, 2.75) is 20.3 Å². The minimum Gasteiger partial charge on any atom is -0.395 e. The third-order valence-electron chi connectivity index (χ3n) is 5.72. The van der Waals surface area contributed by atoms with Crippen LogP contribution in [0.15, 0.2) is 23.9 Å². The van der Waals surface area contributed by atoms with Crippen LogP contribution in [0.25, 0.3) is 5.57 Å². The van der Waals surface area contributed by atoms with E-state index in [9.17, 15) is 14.7 Å². The average Bonchev–Trinajstić information content (AvgIpc) is 2.96. The number of imide groups is 1. The number of likely N-dealkylation sites (N-methyl/N-ethyl adjacent to an activating group) is 1. The Kier molecular flexibility index (Phi) is 7.05. The molecule has 1 aromatic rings. The number of hydrogen-bond donors (Lipinski definition) is 1. The zero-order valence-electron chi connectivity index (χ0n) is 17.6. The van der Waals surface area contributed by atoms with Gasteiger partial charge >= 0.3 is 0 Å². The van der Waals surface area contributed by atoms with Gasteiger partial charge in [0.1, 0.15) is 5.70 Å². The zero-order chi connectivity index (χ0) is 21.0. The van der Waals surface area contributed by atoms with Gasteiger partial charge in [-0.15, -0.1) is 0 Å². The summed E-state index contributed by atoms with van der Waals surface area (Å²) in [6.07, 6.45) is 0.731. The fourth-order valence-corrected chi connectivity index (χ4v) is 3.82. The summed E-state index contributed by atoms with van der Waals surface area (Å²) in [5.41, 5.74) is 3.77. The van der Waals surface area contributed by atoms with E-state index in [-0.39, 0.29) is 18.4 Å². The fraction of sp³-hybridized carbons (Fsp3) is 0.545. The van der Waals surface area contributed by atoms with Crippen LogP contribution in [-0.2, 0) is 14.3 Å². The van der Waals surface area contributed by atoms with Crippen molar-refractivity contribution in [2.24, 2.45) is 0 Å². The summed E-state index contributed by atoms with van der Waals surface area (Å²) in [6.45, 7) is 8.69. The van der Waals surface area contributed by atoms with E-state index in [4.69, 9.17) is 4.74 Å². The Hall–Kier alpha value is -2.22. The number of ether oxygens (including phenoxy) is 1. The molecule has 0 radical (unpaired) electrons. The number of carbonyl (C=O) groups excluding carboxylic acids is 2. The molecule has 1 N–H and O–H groups in total. The van der Waals surface area contributed by atoms with Crippen LogP contribution in [0.5, 0.6) is 0 Å². The molecule has 0 aromatic heterocycles. The molecule has 1 aromatic carbocycles. The highest BCUT2D eigenvalue weighted by Gasteiger charge is 2.40. The Labute approximate surface area is 172 Å². The quantitative estimate of drug-likeness (QED) is 0.656. The summed E-state index contributed by atoms with van der Waals surface area (Å²) in [5, 5.41) is 9.35. The molecule has 0 atom stereocenters. The molecule has 2 aliphatic heterocycles. The fourth-order valence-electron chi connectivity index (χ4n) is 3.82. The molecule has 0 bridgehead atoms. The van der Waals surface area contributed by atoms with E-state index < -0.39 is 0 Å². The summed E-state index contributed by atoms with van der Waals surface area (Å²) < 4.78 is 5.37. The van der Waals surface area contributed by atoms with Gasteiger partial charge in [-0.05, 0) is 37.0 Å². The largest absolute Gasteiger partial charge is 0.395 e. The number of amides is 2. The number of aliphatic hydroxyl groups is 1. The normalized spacial score (nSPS) is 18.1. The first-order chi connectivity index (χ1) is 13.9. The molecule has 158 valence electrons. The van der Waals surface area contributed by atoms with Crippen LogP contribution in [-0.4, -0.2) is 91.2 Å². The smallest absolute Gasteiger partial charge is 0.277 e. The van der Waals surface area contributed by atoms with Crippen LogP contribution >= 0.6 is 0 Å². The van der Waals surface area contributed by atoms with E-state index in [0.29, 0.717) is 24.4 Å². The van der Waals surface area contributed by atoms with Gasteiger partial charge < -0.3 is 14.7 Å². The van der Waals surface area contributed by atoms with E-state index in [2.05, 4.69) is 4.90 Å². The first-order valence-electron chi connectivity index (χ1n) is 10.2. The van der Waals surface area contributed by atoms with Crippen molar-refractivity contribution < 1.29 is 19.4 Å². The van der Waals surface area contributed by atoms with Gasteiger partial charge in [0, 0.05) is 39.8 Å². The molecular formula is C22H31N3O4. The molecule has 0 aliphatic carbocycles. The second-order valence-electron chi connectivity index (χ2n) is 7.74. The van der Waals surface area contributed by atoms with Gasteiger partial charge in [0.2, 0.25) is 0 Å². The van der Waals surface area contributed by atoms with E-state index in [1.54, 1.807) is 11.9 Å². The maximum absolute atomic E-state index is 13.2. The third-order valence-corrected chi connectivity index (χ3v) is 5.72. The van der Waals surface area contributed by atoms with E-state index in [1.807, 2.05) is 32.0 Å². The number of rotatable bonds is 8. The molecule has 0 unspecified atom stereocenters. The molecule has 29 heavy (non-hydrogen) atoms. The lowest BCUT2D eigenvalue weighted by Crippen LogP contribution is -2.40. The highest BCUT2D eigenvalue weighted by atomic mass is 16.5. The van der Waals surface area contributed by atoms with Crippen LogP contribution in [0, 0.1) is 13.8 Å². The van der Waals surface area contributed by atoms with Gasteiger partial charge in [0.15, 0.2) is 0 Å². The third kappa shape index (κ3) is 4.69. The summed E-state index contributed by atoms with van der Waals surface area (Å²) in [6, 6.07) is 5.83. The number of morpholine rings is 1. The second kappa shape index (κ2) is 9.52. The number of benzene rings is 1. The molecule has 2 heterocycles. The predicted octanol–water partition coefficient (Wildman–Crippen LogP) is 1.03. The predicted molar refractivity (Wildman–Crippen MR) is 111 cm³/mol. The number of carbonyl (C=O) groups is 2. The van der Waals surface area contributed by atoms with E-state index >= 15 is 0 Å². The number of aliphatic hydroxyl groups excluding tert-OH is 1. The van der Waals surface area contributed by atoms with Gasteiger partial charge in [-0.2, -0.15) is 0 Å². The molecule has 0 spiro atoms. The lowest BCUT2D eigenvalue weighted by atomic mass is 9.99. The van der Waals surface area contributed by atoms with Crippen LogP contribution in [0.4, 0.5) is 0 Å². The molecule has 7 nitrogen and oxygen atoms in total. The Bertz CT molecular complexity index is 799. The Morgan fingerprint density at radius 1 is 1.07 bits per heavy atom. The number of nitrogens with zero attached hydrogens (tertiary/aromatic N) is 3. The molecule has 2 aliphatic rings. The van der Waals surface area contributed by atoms with E-state index in [0.717, 1.165) is 56.0 Å². The van der Waals surface area contributed by atoms with Gasteiger partial charge in [-0.1, -0.05) is 18.2 Å². The summed E-state index contributed by atoms with van der Waals surface area (Å²) >= 11 is 0. The number of aryl methyl sites for hydroxylation is 2. The summed E-state index contributed by atoms with van der Waals surface area (Å²) in [7, 11) is 1.75. The van der Waals surface area contributed by atoms with E-state index in [1.165, 1.54) is 4.90 Å². The van der Waals surface area contributed by atoms with Crippen molar-refractivity contribution in [3.05, 3.63) is 40.6 Å². The molecule has 7 heteroatoms. The Morgan fingerprint density at radius 2 is 1.79 bits per heavy atom. The van der Waals surface area contributed by atoms with Crippen molar-refractivity contribution in [2.75, 3.05) is 59.6 Å². The van der Waals surface area contributed by atoms with Gasteiger partial charge in [-0.25, -0.2) is 0 Å². The van der Waals surface area contributed by atoms with Crippen molar-refractivity contribution in [3.8, 4) is 0 Å². The average molecular weight is 402 g/mol. The van der Waals surface area contributed by atoms with Crippen LogP contribution < -0.4 is 0 Å². The second-order valence-corrected chi connectivity index (χ2v) is 7.74. The van der Waals surface area contributed by atoms with Crippen molar-refractivity contribution in [3.63, 3.8) is 0 Å². The van der Waals surface area contributed by atoms with Gasteiger partial charge in [-0.3, -0.25) is 19.4 Å². The molecule has 2 amide bonds. The van der Waals surface area contributed by atoms with Crippen molar-refractivity contribution in [1.29, 1.82) is 0 Å². The molecule has 3 rings (SSSR count). The number of hydrogen-bond acceptors (Lipinski definition) is 6. The summed E-state index contributed by atoms with van der Waals surface area (Å²) in [5.74, 6) is -0.527. The molecule has 0 saturated carbocycles.